The fraction of sp³-hybridized carbons (Fsp3) is 0.250. The van der Waals surface area contributed by atoms with Crippen LogP contribution in [0.5, 0.6) is 5.75 Å². The molecule has 180 valence electrons. The van der Waals surface area contributed by atoms with Crippen molar-refractivity contribution in [2.45, 2.75) is 31.3 Å². The molecule has 4 aromatic rings. The molecule has 0 saturated heterocycles. The third-order valence-electron chi connectivity index (χ3n) is 5.63. The maximum atomic E-state index is 12.3. The lowest BCUT2D eigenvalue weighted by atomic mass is 10.1. The van der Waals surface area contributed by atoms with E-state index >= 15 is 0 Å². The predicted octanol–water partition coefficient (Wildman–Crippen LogP) is 5.48. The van der Waals surface area contributed by atoms with E-state index in [0.717, 1.165) is 46.6 Å². The van der Waals surface area contributed by atoms with Crippen LogP contribution >= 0.6 is 11.8 Å². The van der Waals surface area contributed by atoms with E-state index in [4.69, 9.17) is 4.74 Å². The van der Waals surface area contributed by atoms with E-state index in [-0.39, 0.29) is 5.91 Å². The number of aromatic nitrogens is 3. The Balaban J connectivity index is 1.40. The number of methoxy groups -OCH3 is 1. The number of nitrogens with one attached hydrogen (secondary N) is 1. The highest BCUT2D eigenvalue weighted by Crippen LogP contribution is 2.32. The molecule has 0 spiro atoms. The number of ether oxygens (including phenoxy) is 1. The predicted molar refractivity (Wildman–Crippen MR) is 141 cm³/mol. The van der Waals surface area contributed by atoms with E-state index in [1.54, 1.807) is 18.9 Å². The summed E-state index contributed by atoms with van der Waals surface area (Å²) in [7, 11) is 1.66. The Kier molecular flexibility index (Phi) is 8.57. The molecule has 0 fully saturated rings. The van der Waals surface area contributed by atoms with Gasteiger partial charge in [0.25, 0.3) is 0 Å². The van der Waals surface area contributed by atoms with Crippen LogP contribution in [0.1, 0.15) is 24.0 Å². The number of rotatable bonds is 11. The lowest BCUT2D eigenvalue weighted by Crippen LogP contribution is -2.25. The highest BCUT2D eigenvalue weighted by molar-refractivity contribution is 7.99. The van der Waals surface area contributed by atoms with Gasteiger partial charge in [0.1, 0.15) is 5.75 Å². The Morgan fingerprint density at radius 2 is 1.71 bits per heavy atom. The molecular formula is C28H30N4O2S. The van der Waals surface area contributed by atoms with Gasteiger partial charge in [-0.25, -0.2) is 0 Å². The topological polar surface area (TPSA) is 69.0 Å². The Bertz CT molecular complexity index is 1240. The number of para-hydroxylation sites is 2. The SMILES string of the molecule is COc1ccccc1-n1c(SCCCC(=O)NCCc2ccccc2)nnc1-c1ccc(C)cc1. The van der Waals surface area contributed by atoms with Gasteiger partial charge in [0, 0.05) is 24.3 Å². The minimum atomic E-state index is 0.0769. The van der Waals surface area contributed by atoms with Gasteiger partial charge in [0.15, 0.2) is 11.0 Å². The first kappa shape index (κ1) is 24.5. The summed E-state index contributed by atoms with van der Waals surface area (Å²) in [5.41, 5.74) is 4.28. The van der Waals surface area contributed by atoms with Gasteiger partial charge in [-0.15, -0.1) is 10.2 Å². The van der Waals surface area contributed by atoms with Gasteiger partial charge < -0.3 is 10.1 Å². The molecule has 35 heavy (non-hydrogen) atoms. The zero-order valence-corrected chi connectivity index (χ0v) is 20.9. The summed E-state index contributed by atoms with van der Waals surface area (Å²) in [4.78, 5) is 12.3. The van der Waals surface area contributed by atoms with E-state index in [2.05, 4.69) is 58.8 Å². The van der Waals surface area contributed by atoms with Crippen LogP contribution in [-0.4, -0.2) is 40.1 Å². The lowest BCUT2D eigenvalue weighted by Gasteiger charge is -2.14. The molecule has 1 amide bonds. The first-order valence-corrected chi connectivity index (χ1v) is 12.7. The monoisotopic (exact) mass is 486 g/mol. The van der Waals surface area contributed by atoms with E-state index in [9.17, 15) is 4.79 Å². The van der Waals surface area contributed by atoms with Crippen molar-refractivity contribution in [1.29, 1.82) is 0 Å². The normalized spacial score (nSPS) is 10.8. The zero-order valence-electron chi connectivity index (χ0n) is 20.1. The number of benzene rings is 3. The van der Waals surface area contributed by atoms with Crippen LogP contribution < -0.4 is 10.1 Å². The number of hydrogen-bond donors (Lipinski definition) is 1. The Hall–Kier alpha value is -3.58. The zero-order chi connectivity index (χ0) is 24.5. The van der Waals surface area contributed by atoms with Crippen molar-refractivity contribution in [3.63, 3.8) is 0 Å². The van der Waals surface area contributed by atoms with Crippen molar-refractivity contribution in [2.24, 2.45) is 0 Å². The van der Waals surface area contributed by atoms with Gasteiger partial charge in [-0.05, 0) is 37.5 Å². The first-order valence-electron chi connectivity index (χ1n) is 11.7. The molecule has 1 N–H and O–H groups in total. The van der Waals surface area contributed by atoms with Gasteiger partial charge >= 0.3 is 0 Å². The molecule has 4 rings (SSSR count). The fourth-order valence-corrected chi connectivity index (χ4v) is 4.64. The molecule has 3 aromatic carbocycles. The van der Waals surface area contributed by atoms with Crippen molar-refractivity contribution in [1.82, 2.24) is 20.1 Å². The number of hydrogen-bond acceptors (Lipinski definition) is 5. The third-order valence-corrected chi connectivity index (χ3v) is 6.64. The molecule has 1 aromatic heterocycles. The maximum Gasteiger partial charge on any atom is 0.220 e. The molecule has 0 atom stereocenters. The van der Waals surface area contributed by atoms with Gasteiger partial charge in [-0.1, -0.05) is 84.1 Å². The highest BCUT2D eigenvalue weighted by Gasteiger charge is 2.19. The molecular weight excluding hydrogens is 456 g/mol. The van der Waals surface area contributed by atoms with Crippen LogP contribution in [0.4, 0.5) is 0 Å². The van der Waals surface area contributed by atoms with Gasteiger partial charge in [0.05, 0.1) is 12.8 Å². The summed E-state index contributed by atoms with van der Waals surface area (Å²) >= 11 is 1.60. The van der Waals surface area contributed by atoms with Crippen molar-refractivity contribution in [2.75, 3.05) is 19.4 Å². The number of carbonyl (C=O) groups is 1. The summed E-state index contributed by atoms with van der Waals surface area (Å²) in [6.45, 7) is 2.71. The van der Waals surface area contributed by atoms with Crippen LogP contribution in [0.15, 0.2) is 84.0 Å². The standard InChI is InChI=1S/C28H30N4O2S/c1-21-14-16-23(17-15-21)27-30-31-28(32(27)24-11-6-7-12-25(24)34-2)35-20-8-13-26(33)29-19-18-22-9-4-3-5-10-22/h3-7,9-12,14-17H,8,13,18-20H2,1-2H3,(H,29,33). The number of amides is 1. The summed E-state index contributed by atoms with van der Waals surface area (Å²) < 4.78 is 7.66. The molecule has 0 saturated carbocycles. The molecule has 0 aliphatic rings. The van der Waals surface area contributed by atoms with E-state index in [1.165, 1.54) is 11.1 Å². The molecule has 1 heterocycles. The number of thioether (sulfide) groups is 1. The summed E-state index contributed by atoms with van der Waals surface area (Å²) in [5, 5.41) is 12.8. The summed E-state index contributed by atoms with van der Waals surface area (Å²) in [6, 6.07) is 26.3. The van der Waals surface area contributed by atoms with Crippen molar-refractivity contribution in [3.05, 3.63) is 90.0 Å². The second-order valence-electron chi connectivity index (χ2n) is 8.22. The van der Waals surface area contributed by atoms with Crippen LogP contribution in [-0.2, 0) is 11.2 Å². The minimum absolute atomic E-state index is 0.0769. The molecule has 6 nitrogen and oxygen atoms in total. The average Bonchev–Trinajstić information content (AvgIpc) is 3.31. The minimum Gasteiger partial charge on any atom is -0.495 e. The maximum absolute atomic E-state index is 12.3. The van der Waals surface area contributed by atoms with Crippen LogP contribution in [0.2, 0.25) is 0 Å². The van der Waals surface area contributed by atoms with E-state index in [1.807, 2.05) is 47.0 Å². The Labute approximate surface area is 210 Å². The van der Waals surface area contributed by atoms with Gasteiger partial charge in [-0.3, -0.25) is 9.36 Å². The molecule has 0 radical (unpaired) electrons. The molecule has 7 heteroatoms. The number of aryl methyl sites for hydroxylation is 1. The highest BCUT2D eigenvalue weighted by atomic mass is 32.2. The quantitative estimate of drug-likeness (QED) is 0.224. The second-order valence-corrected chi connectivity index (χ2v) is 9.28. The van der Waals surface area contributed by atoms with Crippen molar-refractivity contribution < 1.29 is 9.53 Å². The molecule has 0 aliphatic heterocycles. The van der Waals surface area contributed by atoms with E-state index < -0.39 is 0 Å². The molecule has 0 aliphatic carbocycles. The van der Waals surface area contributed by atoms with Gasteiger partial charge in [0.2, 0.25) is 5.91 Å². The lowest BCUT2D eigenvalue weighted by molar-refractivity contribution is -0.121. The summed E-state index contributed by atoms with van der Waals surface area (Å²) in [6.07, 6.45) is 2.07. The van der Waals surface area contributed by atoms with Crippen LogP contribution in [0.25, 0.3) is 17.1 Å². The second kappa shape index (κ2) is 12.2. The van der Waals surface area contributed by atoms with Crippen LogP contribution in [0.3, 0.4) is 0 Å². The largest absolute Gasteiger partial charge is 0.495 e. The van der Waals surface area contributed by atoms with E-state index in [0.29, 0.717) is 13.0 Å². The first-order chi connectivity index (χ1) is 17.2. The Morgan fingerprint density at radius 3 is 2.49 bits per heavy atom. The number of nitrogens with zero attached hydrogens (tertiary/aromatic N) is 3. The third kappa shape index (κ3) is 6.51. The average molecular weight is 487 g/mol. The smallest absolute Gasteiger partial charge is 0.220 e. The molecule has 0 bridgehead atoms. The van der Waals surface area contributed by atoms with Gasteiger partial charge in [-0.2, -0.15) is 0 Å². The van der Waals surface area contributed by atoms with Crippen LogP contribution in [0, 0.1) is 6.92 Å². The summed E-state index contributed by atoms with van der Waals surface area (Å²) in [5.74, 6) is 2.34. The number of carbonyl (C=O) groups excluding carboxylic acids is 1. The molecule has 0 unspecified atom stereocenters. The van der Waals surface area contributed by atoms with Crippen molar-refractivity contribution in [3.8, 4) is 22.8 Å². The van der Waals surface area contributed by atoms with Crippen molar-refractivity contribution >= 4 is 17.7 Å². The Morgan fingerprint density at radius 1 is 0.971 bits per heavy atom. The fourth-order valence-electron chi connectivity index (χ4n) is 3.76.